The average Bonchev–Trinajstić information content (AvgIpc) is 2.28. The molecule has 0 aliphatic heterocycles. The molecule has 2 nitrogen and oxygen atoms in total. The zero-order chi connectivity index (χ0) is 12.5. The maximum absolute atomic E-state index is 12.7. The summed E-state index contributed by atoms with van der Waals surface area (Å²) in [7, 11) is 0. The fraction of sp³-hybridized carbons (Fsp3) is 0.308. The molecule has 0 aliphatic carbocycles. The largest absolute Gasteiger partial charge is 0.320 e. The highest BCUT2D eigenvalue weighted by molar-refractivity contribution is 5.78. The number of nitrogens with zero attached hydrogens (tertiary/aromatic N) is 1. The van der Waals surface area contributed by atoms with Crippen LogP contribution in [0, 0.1) is 0 Å². The van der Waals surface area contributed by atoms with Gasteiger partial charge in [0.1, 0.15) is 0 Å². The highest BCUT2D eigenvalue weighted by Crippen LogP contribution is 2.20. The molecule has 1 aromatic carbocycles. The number of aromatic nitrogens is 1. The average molecular weight is 236 g/mol. The third kappa shape index (κ3) is 2.58. The van der Waals surface area contributed by atoms with Crippen LogP contribution in [0.3, 0.4) is 0 Å². The van der Waals surface area contributed by atoms with Crippen molar-refractivity contribution >= 4 is 10.9 Å². The number of rotatable bonds is 3. The molecule has 0 radical (unpaired) electrons. The molecule has 1 heterocycles. The van der Waals surface area contributed by atoms with Crippen LogP contribution in [-0.4, -0.2) is 16.9 Å². The summed E-state index contributed by atoms with van der Waals surface area (Å²) in [5.41, 5.74) is 5.63. The molecule has 0 bridgehead atoms. The summed E-state index contributed by atoms with van der Waals surface area (Å²) in [6.45, 7) is 1.35. The third-order valence-electron chi connectivity index (χ3n) is 2.73. The van der Waals surface area contributed by atoms with Crippen LogP contribution in [0.2, 0.25) is 0 Å². The minimum absolute atomic E-state index is 0.114. The Kier molecular flexibility index (Phi) is 3.07. The fourth-order valence-electron chi connectivity index (χ4n) is 1.73. The summed E-state index contributed by atoms with van der Waals surface area (Å²) in [4.78, 5) is 4.22. The molecule has 17 heavy (non-hydrogen) atoms. The summed E-state index contributed by atoms with van der Waals surface area (Å²) in [6.07, 6.45) is -0.827. The van der Waals surface area contributed by atoms with E-state index in [0.29, 0.717) is 0 Å². The van der Waals surface area contributed by atoms with E-state index in [0.717, 1.165) is 16.5 Å². The molecule has 0 spiro atoms. The van der Waals surface area contributed by atoms with Gasteiger partial charge >= 0.3 is 0 Å². The lowest BCUT2D eigenvalue weighted by atomic mass is 9.95. The van der Waals surface area contributed by atoms with Crippen molar-refractivity contribution in [3.05, 3.63) is 42.1 Å². The number of pyridine rings is 1. The Morgan fingerprint density at radius 3 is 2.76 bits per heavy atom. The van der Waals surface area contributed by atoms with Crippen LogP contribution in [0.4, 0.5) is 8.78 Å². The summed E-state index contributed by atoms with van der Waals surface area (Å²) in [5, 5.41) is 0.940. The van der Waals surface area contributed by atoms with Gasteiger partial charge < -0.3 is 5.73 Å². The standard InChI is InChI=1S/C13H14F2N2/c1-13(16,12(14)15)7-9-6-10-4-2-3-5-11(10)17-8-9/h2-6,8,12H,7,16H2,1H3. The van der Waals surface area contributed by atoms with Gasteiger partial charge in [-0.2, -0.15) is 0 Å². The Morgan fingerprint density at radius 2 is 2.06 bits per heavy atom. The highest BCUT2D eigenvalue weighted by atomic mass is 19.3. The van der Waals surface area contributed by atoms with E-state index in [9.17, 15) is 8.78 Å². The number of benzene rings is 1. The number of alkyl halides is 2. The van der Waals surface area contributed by atoms with Gasteiger partial charge in [0.2, 0.25) is 0 Å². The molecule has 2 N–H and O–H groups in total. The van der Waals surface area contributed by atoms with Crippen LogP contribution in [0.1, 0.15) is 12.5 Å². The molecule has 1 atom stereocenters. The predicted molar refractivity (Wildman–Crippen MR) is 64.0 cm³/mol. The van der Waals surface area contributed by atoms with Crippen molar-refractivity contribution < 1.29 is 8.78 Å². The molecule has 90 valence electrons. The zero-order valence-electron chi connectivity index (χ0n) is 9.53. The van der Waals surface area contributed by atoms with Crippen molar-refractivity contribution in [3.63, 3.8) is 0 Å². The second-order valence-corrected chi connectivity index (χ2v) is 4.52. The number of hydrogen-bond acceptors (Lipinski definition) is 2. The topological polar surface area (TPSA) is 38.9 Å². The Morgan fingerprint density at radius 1 is 1.35 bits per heavy atom. The molecular weight excluding hydrogens is 222 g/mol. The second-order valence-electron chi connectivity index (χ2n) is 4.52. The van der Waals surface area contributed by atoms with Gasteiger partial charge in [0, 0.05) is 11.6 Å². The van der Waals surface area contributed by atoms with E-state index >= 15 is 0 Å². The SMILES string of the molecule is CC(N)(Cc1cnc2ccccc2c1)C(F)F. The van der Waals surface area contributed by atoms with Gasteiger partial charge in [0.25, 0.3) is 6.43 Å². The Hall–Kier alpha value is -1.55. The first-order valence-electron chi connectivity index (χ1n) is 5.40. The summed E-state index contributed by atoms with van der Waals surface area (Å²) in [5.74, 6) is 0. The first-order valence-corrected chi connectivity index (χ1v) is 5.40. The van der Waals surface area contributed by atoms with Gasteiger partial charge in [-0.15, -0.1) is 0 Å². The molecule has 0 saturated carbocycles. The van der Waals surface area contributed by atoms with Gasteiger partial charge in [0.05, 0.1) is 11.1 Å². The normalized spacial score (nSPS) is 15.1. The maximum atomic E-state index is 12.7. The van der Waals surface area contributed by atoms with E-state index in [1.807, 2.05) is 30.3 Å². The molecule has 1 unspecified atom stereocenters. The first-order chi connectivity index (χ1) is 7.99. The van der Waals surface area contributed by atoms with Crippen molar-refractivity contribution in [2.24, 2.45) is 5.73 Å². The number of fused-ring (bicyclic) bond motifs is 1. The van der Waals surface area contributed by atoms with Crippen LogP contribution < -0.4 is 5.73 Å². The van der Waals surface area contributed by atoms with Crippen molar-refractivity contribution in [2.45, 2.75) is 25.3 Å². The van der Waals surface area contributed by atoms with Crippen LogP contribution in [0.25, 0.3) is 10.9 Å². The summed E-state index contributed by atoms with van der Waals surface area (Å²) < 4.78 is 25.3. The Balaban J connectivity index is 2.31. The number of halogens is 2. The fourth-order valence-corrected chi connectivity index (χ4v) is 1.73. The van der Waals surface area contributed by atoms with Gasteiger partial charge in [-0.3, -0.25) is 4.98 Å². The summed E-state index contributed by atoms with van der Waals surface area (Å²) >= 11 is 0. The van der Waals surface area contributed by atoms with Crippen LogP contribution in [-0.2, 0) is 6.42 Å². The third-order valence-corrected chi connectivity index (χ3v) is 2.73. The van der Waals surface area contributed by atoms with Gasteiger partial charge in [-0.25, -0.2) is 8.78 Å². The predicted octanol–water partition coefficient (Wildman–Crippen LogP) is 2.76. The van der Waals surface area contributed by atoms with Gasteiger partial charge in [-0.05, 0) is 31.0 Å². The van der Waals surface area contributed by atoms with Crippen LogP contribution >= 0.6 is 0 Å². The molecule has 4 heteroatoms. The van der Waals surface area contributed by atoms with Gasteiger partial charge in [-0.1, -0.05) is 18.2 Å². The van der Waals surface area contributed by atoms with Crippen molar-refractivity contribution in [2.75, 3.05) is 0 Å². The van der Waals surface area contributed by atoms with Gasteiger partial charge in [0.15, 0.2) is 0 Å². The number of nitrogens with two attached hydrogens (primary N) is 1. The van der Waals surface area contributed by atoms with Crippen molar-refractivity contribution in [1.29, 1.82) is 0 Å². The number of hydrogen-bond donors (Lipinski definition) is 1. The van der Waals surface area contributed by atoms with Crippen molar-refractivity contribution in [1.82, 2.24) is 4.98 Å². The van der Waals surface area contributed by atoms with E-state index in [4.69, 9.17) is 5.73 Å². The highest BCUT2D eigenvalue weighted by Gasteiger charge is 2.30. The van der Waals surface area contributed by atoms with E-state index in [1.165, 1.54) is 6.92 Å². The lowest BCUT2D eigenvalue weighted by Crippen LogP contribution is -2.45. The Labute approximate surface area is 98.5 Å². The maximum Gasteiger partial charge on any atom is 0.256 e. The monoisotopic (exact) mass is 236 g/mol. The van der Waals surface area contributed by atoms with Crippen LogP contribution in [0.15, 0.2) is 36.5 Å². The van der Waals surface area contributed by atoms with E-state index in [-0.39, 0.29) is 6.42 Å². The minimum Gasteiger partial charge on any atom is -0.320 e. The molecule has 0 saturated heterocycles. The molecule has 0 fully saturated rings. The quantitative estimate of drug-likeness (QED) is 0.890. The lowest BCUT2D eigenvalue weighted by Gasteiger charge is -2.23. The lowest BCUT2D eigenvalue weighted by molar-refractivity contribution is 0.0639. The minimum atomic E-state index is -2.55. The van der Waals surface area contributed by atoms with Crippen LogP contribution in [0.5, 0.6) is 0 Å². The molecule has 0 aliphatic rings. The van der Waals surface area contributed by atoms with Crippen molar-refractivity contribution in [3.8, 4) is 0 Å². The van der Waals surface area contributed by atoms with E-state index in [2.05, 4.69) is 4.98 Å². The Bertz CT molecular complexity index is 524. The first kappa shape index (κ1) is 11.9. The molecule has 2 aromatic rings. The van der Waals surface area contributed by atoms with E-state index in [1.54, 1.807) is 6.20 Å². The molecule has 2 rings (SSSR count). The molecule has 0 amide bonds. The molecule has 1 aromatic heterocycles. The smallest absolute Gasteiger partial charge is 0.256 e. The molecular formula is C13H14F2N2. The zero-order valence-corrected chi connectivity index (χ0v) is 9.53. The summed E-state index contributed by atoms with van der Waals surface area (Å²) in [6, 6.07) is 9.43. The second kappa shape index (κ2) is 4.37. The van der Waals surface area contributed by atoms with E-state index < -0.39 is 12.0 Å². The number of para-hydroxylation sites is 1.